The Labute approximate surface area is 109 Å². The predicted molar refractivity (Wildman–Crippen MR) is 72.9 cm³/mol. The summed E-state index contributed by atoms with van der Waals surface area (Å²) in [6.07, 6.45) is 0.102. The van der Waals surface area contributed by atoms with Gasteiger partial charge in [-0.1, -0.05) is 32.9 Å². The van der Waals surface area contributed by atoms with Gasteiger partial charge in [-0.05, 0) is 30.0 Å². The summed E-state index contributed by atoms with van der Waals surface area (Å²) < 4.78 is 5.33. The van der Waals surface area contributed by atoms with Gasteiger partial charge in [0.15, 0.2) is 0 Å². The minimum atomic E-state index is 0.0385. The van der Waals surface area contributed by atoms with Crippen molar-refractivity contribution in [1.29, 1.82) is 0 Å². The number of carbonyl (C=O) groups excluding carboxylic acids is 1. The molecule has 1 aromatic rings. The Kier molecular flexibility index (Phi) is 3.44. The summed E-state index contributed by atoms with van der Waals surface area (Å²) >= 11 is 0. The second-order valence-corrected chi connectivity index (χ2v) is 5.92. The van der Waals surface area contributed by atoms with Gasteiger partial charge >= 0.3 is 0 Å². The van der Waals surface area contributed by atoms with Gasteiger partial charge < -0.3 is 9.64 Å². The lowest BCUT2D eigenvalue weighted by Crippen LogP contribution is -2.45. The average molecular weight is 247 g/mol. The summed E-state index contributed by atoms with van der Waals surface area (Å²) in [6.45, 7) is 9.36. The molecule has 18 heavy (non-hydrogen) atoms. The monoisotopic (exact) mass is 247 g/mol. The Hall–Kier alpha value is -1.35. The van der Waals surface area contributed by atoms with Crippen LogP contribution < -0.4 is 4.90 Å². The van der Waals surface area contributed by atoms with Crippen LogP contribution in [0.1, 0.15) is 33.3 Å². The molecule has 0 aliphatic carbocycles. The van der Waals surface area contributed by atoms with E-state index in [1.807, 2.05) is 19.1 Å². The number of ether oxygens (including phenoxy) is 1. The summed E-state index contributed by atoms with van der Waals surface area (Å²) in [4.78, 5) is 13.6. The zero-order valence-electron chi connectivity index (χ0n) is 11.6. The zero-order valence-corrected chi connectivity index (χ0v) is 11.6. The molecule has 1 saturated heterocycles. The highest BCUT2D eigenvalue weighted by molar-refractivity contribution is 5.94. The van der Waals surface area contributed by atoms with Gasteiger partial charge in [-0.15, -0.1) is 0 Å². The van der Waals surface area contributed by atoms with E-state index < -0.39 is 0 Å². The molecule has 3 heteroatoms. The van der Waals surface area contributed by atoms with Crippen LogP contribution in [0.5, 0.6) is 0 Å². The van der Waals surface area contributed by atoms with Crippen LogP contribution in [0.25, 0.3) is 0 Å². The highest BCUT2D eigenvalue weighted by Gasteiger charge is 2.25. The second-order valence-electron chi connectivity index (χ2n) is 5.92. The fraction of sp³-hybridized carbons (Fsp3) is 0.533. The normalized spacial score (nSPS) is 21.2. The number of morpholine rings is 1. The molecule has 0 radical (unpaired) electrons. The zero-order chi connectivity index (χ0) is 13.3. The molecule has 1 heterocycles. The number of carbonyl (C=O) groups is 1. The number of rotatable bonds is 1. The van der Waals surface area contributed by atoms with Crippen LogP contribution in [0.2, 0.25) is 0 Å². The predicted octanol–water partition coefficient (Wildman–Crippen LogP) is 2.74. The maximum absolute atomic E-state index is 11.8. The molecular weight excluding hydrogens is 226 g/mol. The number of hydrogen-bond acceptors (Lipinski definition) is 2. The molecule has 2 rings (SSSR count). The van der Waals surface area contributed by atoms with E-state index in [1.165, 1.54) is 5.56 Å². The van der Waals surface area contributed by atoms with Gasteiger partial charge in [0, 0.05) is 5.69 Å². The first-order valence-corrected chi connectivity index (χ1v) is 6.40. The summed E-state index contributed by atoms with van der Waals surface area (Å²) in [7, 11) is 0. The third-order valence-electron chi connectivity index (χ3n) is 3.28. The molecule has 1 amide bonds. The van der Waals surface area contributed by atoms with Crippen molar-refractivity contribution in [3.8, 4) is 0 Å². The topological polar surface area (TPSA) is 29.5 Å². The van der Waals surface area contributed by atoms with Crippen molar-refractivity contribution in [2.45, 2.75) is 39.2 Å². The lowest BCUT2D eigenvalue weighted by molar-refractivity contribution is -0.128. The molecule has 1 unspecified atom stereocenters. The molecule has 1 atom stereocenters. The first kappa shape index (κ1) is 13.1. The SMILES string of the molecule is CC1CN(c2ccc(C(C)(C)C)cc2)C(=O)CO1. The smallest absolute Gasteiger partial charge is 0.253 e. The van der Waals surface area contributed by atoms with E-state index in [1.54, 1.807) is 4.90 Å². The number of amides is 1. The highest BCUT2D eigenvalue weighted by atomic mass is 16.5. The van der Waals surface area contributed by atoms with E-state index in [4.69, 9.17) is 4.74 Å². The Morgan fingerprint density at radius 3 is 2.39 bits per heavy atom. The van der Waals surface area contributed by atoms with Crippen molar-refractivity contribution in [2.75, 3.05) is 18.1 Å². The first-order chi connectivity index (χ1) is 8.38. The molecule has 1 aliphatic rings. The van der Waals surface area contributed by atoms with Crippen molar-refractivity contribution < 1.29 is 9.53 Å². The van der Waals surface area contributed by atoms with E-state index in [2.05, 4.69) is 32.9 Å². The Balaban J connectivity index is 2.21. The molecule has 1 aliphatic heterocycles. The quantitative estimate of drug-likeness (QED) is 0.763. The molecule has 0 aromatic heterocycles. The number of nitrogens with zero attached hydrogens (tertiary/aromatic N) is 1. The second kappa shape index (κ2) is 4.73. The maximum atomic E-state index is 11.8. The molecule has 1 fully saturated rings. The Morgan fingerprint density at radius 2 is 1.83 bits per heavy atom. The molecular formula is C15H21NO2. The van der Waals surface area contributed by atoms with Gasteiger partial charge in [0.2, 0.25) is 0 Å². The molecule has 3 nitrogen and oxygen atoms in total. The number of benzene rings is 1. The minimum Gasteiger partial charge on any atom is -0.367 e. The van der Waals surface area contributed by atoms with Crippen molar-refractivity contribution >= 4 is 11.6 Å². The minimum absolute atomic E-state index is 0.0385. The van der Waals surface area contributed by atoms with E-state index in [9.17, 15) is 4.79 Å². The van der Waals surface area contributed by atoms with Crippen LogP contribution in [0.4, 0.5) is 5.69 Å². The van der Waals surface area contributed by atoms with Crippen LogP contribution >= 0.6 is 0 Å². The summed E-state index contributed by atoms with van der Waals surface area (Å²) in [6, 6.07) is 8.25. The van der Waals surface area contributed by atoms with Crippen molar-refractivity contribution in [2.24, 2.45) is 0 Å². The van der Waals surface area contributed by atoms with Gasteiger partial charge in [0.05, 0.1) is 12.6 Å². The molecule has 0 N–H and O–H groups in total. The van der Waals surface area contributed by atoms with Crippen molar-refractivity contribution in [3.63, 3.8) is 0 Å². The summed E-state index contributed by atoms with van der Waals surface area (Å²) in [5, 5.41) is 0. The number of anilines is 1. The third kappa shape index (κ3) is 2.72. The van der Waals surface area contributed by atoms with Crippen LogP contribution in [-0.2, 0) is 14.9 Å². The summed E-state index contributed by atoms with van der Waals surface area (Å²) in [5.41, 5.74) is 2.38. The standard InChI is InChI=1S/C15H21NO2/c1-11-9-16(14(17)10-18-11)13-7-5-12(6-8-13)15(2,3)4/h5-8,11H,9-10H2,1-4H3. The largest absolute Gasteiger partial charge is 0.367 e. The number of hydrogen-bond donors (Lipinski definition) is 0. The van der Waals surface area contributed by atoms with Crippen LogP contribution in [0.15, 0.2) is 24.3 Å². The molecule has 0 spiro atoms. The fourth-order valence-electron chi connectivity index (χ4n) is 2.09. The molecule has 98 valence electrons. The highest BCUT2D eigenvalue weighted by Crippen LogP contribution is 2.25. The fourth-order valence-corrected chi connectivity index (χ4v) is 2.09. The lowest BCUT2D eigenvalue weighted by Gasteiger charge is -2.31. The molecule has 0 bridgehead atoms. The third-order valence-corrected chi connectivity index (χ3v) is 3.28. The van der Waals surface area contributed by atoms with E-state index in [0.29, 0.717) is 6.54 Å². The van der Waals surface area contributed by atoms with Crippen LogP contribution in [0.3, 0.4) is 0 Å². The molecule has 0 saturated carbocycles. The maximum Gasteiger partial charge on any atom is 0.253 e. The van der Waals surface area contributed by atoms with Crippen LogP contribution in [-0.4, -0.2) is 25.2 Å². The van der Waals surface area contributed by atoms with Crippen molar-refractivity contribution in [3.05, 3.63) is 29.8 Å². The van der Waals surface area contributed by atoms with Gasteiger partial charge in [0.25, 0.3) is 5.91 Å². The van der Waals surface area contributed by atoms with Crippen LogP contribution in [0, 0.1) is 0 Å². The Bertz CT molecular complexity index is 431. The van der Waals surface area contributed by atoms with E-state index in [-0.39, 0.29) is 24.0 Å². The van der Waals surface area contributed by atoms with E-state index >= 15 is 0 Å². The van der Waals surface area contributed by atoms with Crippen molar-refractivity contribution in [1.82, 2.24) is 0 Å². The van der Waals surface area contributed by atoms with Gasteiger partial charge in [0.1, 0.15) is 6.61 Å². The lowest BCUT2D eigenvalue weighted by atomic mass is 9.87. The van der Waals surface area contributed by atoms with E-state index in [0.717, 1.165) is 5.69 Å². The van der Waals surface area contributed by atoms with Gasteiger partial charge in [-0.2, -0.15) is 0 Å². The first-order valence-electron chi connectivity index (χ1n) is 6.40. The molecule has 1 aromatic carbocycles. The summed E-state index contributed by atoms with van der Waals surface area (Å²) in [5.74, 6) is 0.0385. The van der Waals surface area contributed by atoms with Gasteiger partial charge in [-0.3, -0.25) is 4.79 Å². The Morgan fingerprint density at radius 1 is 1.22 bits per heavy atom. The van der Waals surface area contributed by atoms with Gasteiger partial charge in [-0.25, -0.2) is 0 Å². The average Bonchev–Trinajstić information content (AvgIpc) is 2.31.